The van der Waals surface area contributed by atoms with Gasteiger partial charge in [-0.1, -0.05) is 20.3 Å². The topological polar surface area (TPSA) is 85.2 Å². The highest BCUT2D eigenvalue weighted by molar-refractivity contribution is 5.96. The quantitative estimate of drug-likeness (QED) is 0.699. The Morgan fingerprint density at radius 2 is 2.10 bits per heavy atom. The number of amides is 2. The number of carbonyl (C=O) groups excluding carboxylic acids is 2. The zero-order chi connectivity index (χ0) is 21.2. The fourth-order valence-corrected chi connectivity index (χ4v) is 4.42. The van der Waals surface area contributed by atoms with Crippen molar-refractivity contribution in [1.29, 1.82) is 0 Å². The minimum absolute atomic E-state index is 0.109. The van der Waals surface area contributed by atoms with E-state index in [0.717, 1.165) is 12.3 Å². The molecule has 7 nitrogen and oxygen atoms in total. The Hall–Kier alpha value is -2.31. The van der Waals surface area contributed by atoms with Gasteiger partial charge in [0, 0.05) is 19.2 Å². The largest absolute Gasteiger partial charge is 0.477 e. The summed E-state index contributed by atoms with van der Waals surface area (Å²) in [6, 6.07) is 0.261. The van der Waals surface area contributed by atoms with Crippen LogP contribution in [0.15, 0.2) is 12.3 Å². The zero-order valence-corrected chi connectivity index (χ0v) is 18.2. The zero-order valence-electron chi connectivity index (χ0n) is 18.2. The number of ether oxygens (including phenoxy) is 1. The van der Waals surface area contributed by atoms with Crippen LogP contribution in [-0.2, 0) is 4.79 Å². The molecule has 3 unspecified atom stereocenters. The molecule has 2 N–H and O–H groups in total. The summed E-state index contributed by atoms with van der Waals surface area (Å²) in [5, 5.41) is 10.4. The van der Waals surface area contributed by atoms with E-state index in [2.05, 4.69) is 29.6 Å². The lowest BCUT2D eigenvalue weighted by atomic mass is 9.95. The number of hydrogen-bond acceptors (Lipinski definition) is 4. The van der Waals surface area contributed by atoms with Crippen molar-refractivity contribution in [3.8, 4) is 5.88 Å². The molecular formula is C22H34N4O3. The average molecular weight is 403 g/mol. The van der Waals surface area contributed by atoms with Crippen LogP contribution in [0.5, 0.6) is 5.88 Å². The highest BCUT2D eigenvalue weighted by Crippen LogP contribution is 2.44. The molecule has 1 heterocycles. The number of fused-ring (bicyclic) bond motifs is 2. The maximum absolute atomic E-state index is 13.0. The molecule has 1 aromatic rings. The van der Waals surface area contributed by atoms with Crippen molar-refractivity contribution in [3.05, 3.63) is 17.8 Å². The molecule has 2 aliphatic carbocycles. The Morgan fingerprint density at radius 3 is 2.69 bits per heavy atom. The van der Waals surface area contributed by atoms with Crippen molar-refractivity contribution in [1.82, 2.24) is 20.4 Å². The van der Waals surface area contributed by atoms with Gasteiger partial charge in [-0.2, -0.15) is 5.10 Å². The summed E-state index contributed by atoms with van der Waals surface area (Å²) in [6.45, 7) is 9.89. The van der Waals surface area contributed by atoms with Gasteiger partial charge >= 0.3 is 0 Å². The molecule has 2 amide bonds. The maximum atomic E-state index is 13.0. The van der Waals surface area contributed by atoms with Crippen molar-refractivity contribution in [2.75, 3.05) is 6.61 Å². The lowest BCUT2D eigenvalue weighted by Crippen LogP contribution is -2.40. The van der Waals surface area contributed by atoms with E-state index >= 15 is 0 Å². The minimum atomic E-state index is -0.543. The molecule has 7 heteroatoms. The molecule has 160 valence electrons. The Balaban J connectivity index is 1.77. The van der Waals surface area contributed by atoms with Gasteiger partial charge < -0.3 is 15.4 Å². The average Bonchev–Trinajstić information content (AvgIpc) is 3.32. The van der Waals surface area contributed by atoms with Crippen LogP contribution in [0.3, 0.4) is 0 Å². The van der Waals surface area contributed by atoms with Gasteiger partial charge in [0.15, 0.2) is 0 Å². The molecule has 0 saturated heterocycles. The highest BCUT2D eigenvalue weighted by Gasteiger charge is 2.40. The summed E-state index contributed by atoms with van der Waals surface area (Å²) in [5.74, 6) is 1.90. The molecule has 3 atom stereocenters. The molecule has 2 aliphatic rings. The van der Waals surface area contributed by atoms with E-state index in [1.807, 2.05) is 19.9 Å². The predicted molar refractivity (Wildman–Crippen MR) is 112 cm³/mol. The molecule has 0 radical (unpaired) electrons. The SMILES string of the molecule is CC(=O)NC(C)(C)C=Cn1ncc(C(=O)NC2CC3CCC2C3)c1OCC(C)C. The molecule has 3 rings (SSSR count). The summed E-state index contributed by atoms with van der Waals surface area (Å²) in [6.07, 6.45) is 9.97. The Kier molecular flexibility index (Phi) is 6.34. The van der Waals surface area contributed by atoms with Crippen LogP contribution in [0.2, 0.25) is 0 Å². The second-order valence-electron chi connectivity index (χ2n) is 9.49. The normalized spacial score (nSPS) is 23.7. The van der Waals surface area contributed by atoms with Crippen LogP contribution in [0.25, 0.3) is 6.20 Å². The van der Waals surface area contributed by atoms with Gasteiger partial charge in [-0.25, -0.2) is 4.68 Å². The van der Waals surface area contributed by atoms with Crippen LogP contribution in [-0.4, -0.2) is 39.8 Å². The summed E-state index contributed by atoms with van der Waals surface area (Å²) in [4.78, 5) is 24.4. The van der Waals surface area contributed by atoms with Crippen LogP contribution in [0.1, 0.15) is 70.7 Å². The van der Waals surface area contributed by atoms with Gasteiger partial charge in [0.1, 0.15) is 5.56 Å². The first-order valence-electron chi connectivity index (χ1n) is 10.6. The van der Waals surface area contributed by atoms with Crippen molar-refractivity contribution in [2.24, 2.45) is 17.8 Å². The first-order chi connectivity index (χ1) is 13.6. The highest BCUT2D eigenvalue weighted by atomic mass is 16.5. The van der Waals surface area contributed by atoms with Crippen LogP contribution >= 0.6 is 0 Å². The second kappa shape index (κ2) is 8.59. The van der Waals surface area contributed by atoms with Gasteiger partial charge in [-0.15, -0.1) is 0 Å². The molecule has 0 spiro atoms. The van der Waals surface area contributed by atoms with Gasteiger partial charge in [-0.3, -0.25) is 9.59 Å². The van der Waals surface area contributed by atoms with E-state index < -0.39 is 5.54 Å². The monoisotopic (exact) mass is 402 g/mol. The minimum Gasteiger partial charge on any atom is -0.477 e. The smallest absolute Gasteiger partial charge is 0.258 e. The Bertz CT molecular complexity index is 781. The lowest BCUT2D eigenvalue weighted by Gasteiger charge is -2.23. The first-order valence-corrected chi connectivity index (χ1v) is 10.6. The Morgan fingerprint density at radius 1 is 1.34 bits per heavy atom. The summed E-state index contributed by atoms with van der Waals surface area (Å²) in [7, 11) is 0. The van der Waals surface area contributed by atoms with Gasteiger partial charge in [0.05, 0.1) is 18.3 Å². The van der Waals surface area contributed by atoms with E-state index in [4.69, 9.17) is 4.74 Å². The molecule has 2 saturated carbocycles. The first kappa shape index (κ1) is 21.4. The molecule has 1 aromatic heterocycles. The van der Waals surface area contributed by atoms with E-state index in [1.54, 1.807) is 17.1 Å². The van der Waals surface area contributed by atoms with Crippen molar-refractivity contribution in [3.63, 3.8) is 0 Å². The van der Waals surface area contributed by atoms with E-state index in [0.29, 0.717) is 29.9 Å². The number of carbonyl (C=O) groups is 2. The molecular weight excluding hydrogens is 368 g/mol. The van der Waals surface area contributed by atoms with Crippen molar-refractivity contribution >= 4 is 18.0 Å². The summed E-state index contributed by atoms with van der Waals surface area (Å²) >= 11 is 0. The van der Waals surface area contributed by atoms with E-state index in [-0.39, 0.29) is 17.9 Å². The summed E-state index contributed by atoms with van der Waals surface area (Å²) < 4.78 is 7.54. The fraction of sp³-hybridized carbons (Fsp3) is 0.682. The molecule has 0 aromatic carbocycles. The standard InChI is InChI=1S/C22H34N4O3/c1-14(2)13-29-21-18(20(28)24-19-11-16-6-7-17(19)10-16)12-23-26(21)9-8-22(4,5)25-15(3)27/h8-9,12,14,16-17,19H,6-7,10-11,13H2,1-5H3,(H,24,28)(H,25,27). The third-order valence-corrected chi connectivity index (χ3v) is 5.73. The number of nitrogens with zero attached hydrogens (tertiary/aromatic N) is 2. The maximum Gasteiger partial charge on any atom is 0.258 e. The molecule has 2 bridgehead atoms. The van der Waals surface area contributed by atoms with Crippen LogP contribution < -0.4 is 15.4 Å². The number of nitrogens with one attached hydrogen (secondary N) is 2. The second-order valence-corrected chi connectivity index (χ2v) is 9.49. The van der Waals surface area contributed by atoms with Crippen LogP contribution in [0, 0.1) is 17.8 Å². The predicted octanol–water partition coefficient (Wildman–Crippen LogP) is 3.22. The number of aromatic nitrogens is 2. The Labute approximate surface area is 173 Å². The van der Waals surface area contributed by atoms with E-state index in [1.165, 1.54) is 26.2 Å². The van der Waals surface area contributed by atoms with Crippen molar-refractivity contribution < 1.29 is 14.3 Å². The van der Waals surface area contributed by atoms with E-state index in [9.17, 15) is 9.59 Å². The third kappa shape index (κ3) is 5.40. The third-order valence-electron chi connectivity index (χ3n) is 5.73. The van der Waals surface area contributed by atoms with Gasteiger partial charge in [0.2, 0.25) is 11.8 Å². The van der Waals surface area contributed by atoms with Crippen LogP contribution in [0.4, 0.5) is 0 Å². The molecule has 0 aliphatic heterocycles. The number of hydrogen-bond donors (Lipinski definition) is 2. The number of rotatable bonds is 8. The molecule has 29 heavy (non-hydrogen) atoms. The van der Waals surface area contributed by atoms with Crippen molar-refractivity contribution in [2.45, 2.75) is 71.9 Å². The lowest BCUT2D eigenvalue weighted by molar-refractivity contribution is -0.120. The molecule has 2 fully saturated rings. The summed E-state index contributed by atoms with van der Waals surface area (Å²) in [5.41, 5.74) is -0.0890. The van der Waals surface area contributed by atoms with Gasteiger partial charge in [-0.05, 0) is 56.9 Å². The fourth-order valence-electron chi connectivity index (χ4n) is 4.42. The van der Waals surface area contributed by atoms with Gasteiger partial charge in [0.25, 0.3) is 5.91 Å².